The van der Waals surface area contributed by atoms with E-state index in [1.807, 2.05) is 78.7 Å². The van der Waals surface area contributed by atoms with Gasteiger partial charge in [0.05, 0.1) is 21.5 Å². The first-order valence-electron chi connectivity index (χ1n) is 15.0. The van der Waals surface area contributed by atoms with Gasteiger partial charge in [0.15, 0.2) is 0 Å². The van der Waals surface area contributed by atoms with Crippen molar-refractivity contribution in [3.63, 3.8) is 0 Å². The SMILES string of the molecule is CN(C(=O)Cc1ccccc1)C1CCC(N(Cc2cccc(-c3ccncc3)c2)C(=O)c2sc3c(F)ccc(F)c3c2Cl)CC1. The summed E-state index contributed by atoms with van der Waals surface area (Å²) in [4.78, 5) is 35.2. The Labute approximate surface area is 270 Å². The molecule has 0 spiro atoms. The maximum absolute atomic E-state index is 14.7. The molecule has 1 aliphatic carbocycles. The van der Waals surface area contributed by atoms with Gasteiger partial charge >= 0.3 is 0 Å². The molecule has 0 unspecified atom stereocenters. The summed E-state index contributed by atoms with van der Waals surface area (Å²) in [5, 5.41) is -0.126. The van der Waals surface area contributed by atoms with Gasteiger partial charge in [-0.25, -0.2) is 8.78 Å². The van der Waals surface area contributed by atoms with Crippen molar-refractivity contribution in [3.8, 4) is 11.1 Å². The fraction of sp³-hybridized carbons (Fsp3) is 0.250. The predicted octanol–water partition coefficient (Wildman–Crippen LogP) is 8.55. The average molecular weight is 644 g/mol. The molecule has 5 aromatic rings. The van der Waals surface area contributed by atoms with E-state index in [1.54, 1.807) is 17.3 Å². The van der Waals surface area contributed by atoms with Crippen molar-refractivity contribution in [2.24, 2.45) is 0 Å². The minimum Gasteiger partial charge on any atom is -0.342 e. The molecule has 0 N–H and O–H groups in total. The van der Waals surface area contributed by atoms with E-state index in [2.05, 4.69) is 4.98 Å². The second-order valence-electron chi connectivity index (χ2n) is 11.5. The van der Waals surface area contributed by atoms with Gasteiger partial charge in [0, 0.05) is 38.1 Å². The van der Waals surface area contributed by atoms with Crippen LogP contribution in [0.4, 0.5) is 8.78 Å². The summed E-state index contributed by atoms with van der Waals surface area (Å²) in [6, 6.07) is 23.5. The van der Waals surface area contributed by atoms with E-state index in [0.29, 0.717) is 25.8 Å². The fourth-order valence-corrected chi connectivity index (χ4v) is 7.68. The number of amides is 2. The van der Waals surface area contributed by atoms with E-state index < -0.39 is 11.6 Å². The number of likely N-dealkylation sites (N-methyl/N-ethyl adjacent to an activating group) is 1. The molecule has 1 fully saturated rings. The molecule has 45 heavy (non-hydrogen) atoms. The standard InChI is InChI=1S/C36H32ClF2N3O2S/c1-41(31(43)21-23-6-3-2-4-7-23)27-10-12-28(13-11-27)42(22-24-8-5-9-26(20-24)25-16-18-40-19-17-25)36(44)35-33(37)32-29(38)14-15-30(39)34(32)45-35/h2-9,14-20,27-28H,10-13,21-22H2,1H3. The first-order valence-corrected chi connectivity index (χ1v) is 16.2. The molecule has 0 saturated heterocycles. The Morgan fingerprint density at radius 1 is 0.844 bits per heavy atom. The van der Waals surface area contributed by atoms with Crippen LogP contribution in [0.3, 0.4) is 0 Å². The zero-order valence-electron chi connectivity index (χ0n) is 24.8. The van der Waals surface area contributed by atoms with Crippen LogP contribution in [0.1, 0.15) is 46.5 Å². The van der Waals surface area contributed by atoms with Crippen molar-refractivity contribution in [2.45, 2.75) is 50.7 Å². The average Bonchev–Trinajstić information content (AvgIpc) is 3.44. The quantitative estimate of drug-likeness (QED) is 0.170. The number of nitrogens with zero attached hydrogens (tertiary/aromatic N) is 3. The fourth-order valence-electron chi connectivity index (χ4n) is 6.18. The van der Waals surface area contributed by atoms with Gasteiger partial charge in [-0.2, -0.15) is 0 Å². The third-order valence-electron chi connectivity index (χ3n) is 8.68. The summed E-state index contributed by atoms with van der Waals surface area (Å²) in [7, 11) is 1.85. The van der Waals surface area contributed by atoms with Crippen molar-refractivity contribution < 1.29 is 18.4 Å². The number of hydrogen-bond acceptors (Lipinski definition) is 4. The van der Waals surface area contributed by atoms with Crippen molar-refractivity contribution in [2.75, 3.05) is 7.05 Å². The molecule has 0 aliphatic heterocycles. The lowest BCUT2D eigenvalue weighted by molar-refractivity contribution is -0.132. The van der Waals surface area contributed by atoms with E-state index in [-0.39, 0.29) is 43.9 Å². The lowest BCUT2D eigenvalue weighted by Crippen LogP contribution is -2.46. The van der Waals surface area contributed by atoms with Crippen LogP contribution >= 0.6 is 22.9 Å². The van der Waals surface area contributed by atoms with Crippen LogP contribution in [0.2, 0.25) is 5.02 Å². The normalized spacial score (nSPS) is 16.4. The van der Waals surface area contributed by atoms with E-state index >= 15 is 0 Å². The number of benzene rings is 3. The molecule has 0 radical (unpaired) electrons. The van der Waals surface area contributed by atoms with Gasteiger partial charge < -0.3 is 9.80 Å². The summed E-state index contributed by atoms with van der Waals surface area (Å²) in [5.41, 5.74) is 3.90. The summed E-state index contributed by atoms with van der Waals surface area (Å²) in [6.45, 7) is 0.297. The van der Waals surface area contributed by atoms with Gasteiger partial charge in [-0.15, -0.1) is 11.3 Å². The second-order valence-corrected chi connectivity index (χ2v) is 12.9. The minimum absolute atomic E-state index is 0.0326. The van der Waals surface area contributed by atoms with Crippen LogP contribution in [-0.4, -0.2) is 45.7 Å². The zero-order valence-corrected chi connectivity index (χ0v) is 26.3. The lowest BCUT2D eigenvalue weighted by Gasteiger charge is -2.40. The molecular weight excluding hydrogens is 612 g/mol. The molecule has 2 amide bonds. The van der Waals surface area contributed by atoms with Gasteiger partial charge in [0.2, 0.25) is 5.91 Å². The van der Waals surface area contributed by atoms with Crippen LogP contribution in [0.15, 0.2) is 91.3 Å². The lowest BCUT2D eigenvalue weighted by atomic mass is 9.88. The number of carbonyl (C=O) groups is 2. The second kappa shape index (κ2) is 13.5. The Morgan fingerprint density at radius 3 is 2.22 bits per heavy atom. The summed E-state index contributed by atoms with van der Waals surface area (Å²) >= 11 is 7.48. The van der Waals surface area contributed by atoms with Crippen LogP contribution in [0.25, 0.3) is 21.2 Å². The minimum atomic E-state index is -0.660. The summed E-state index contributed by atoms with van der Waals surface area (Å²) in [6.07, 6.45) is 6.62. The largest absolute Gasteiger partial charge is 0.342 e. The number of halogens is 3. The Bertz CT molecular complexity index is 1820. The van der Waals surface area contributed by atoms with E-state index in [0.717, 1.165) is 58.6 Å². The molecule has 1 aliphatic rings. The van der Waals surface area contributed by atoms with Crippen LogP contribution in [-0.2, 0) is 17.8 Å². The number of hydrogen-bond donors (Lipinski definition) is 0. The molecule has 0 bridgehead atoms. The Kier molecular flexibility index (Phi) is 9.24. The number of aromatic nitrogens is 1. The monoisotopic (exact) mass is 643 g/mol. The third kappa shape index (κ3) is 6.63. The van der Waals surface area contributed by atoms with Crippen LogP contribution in [0.5, 0.6) is 0 Å². The van der Waals surface area contributed by atoms with E-state index in [4.69, 9.17) is 11.6 Å². The first kappa shape index (κ1) is 30.9. The number of carbonyl (C=O) groups excluding carboxylic acids is 2. The number of pyridine rings is 1. The Hall–Kier alpha value is -4.14. The molecule has 5 nitrogen and oxygen atoms in total. The van der Waals surface area contributed by atoms with Crippen molar-refractivity contribution in [1.82, 2.24) is 14.8 Å². The zero-order chi connectivity index (χ0) is 31.5. The highest BCUT2D eigenvalue weighted by atomic mass is 35.5. The predicted molar refractivity (Wildman–Crippen MR) is 175 cm³/mol. The number of thiophene rings is 1. The first-order chi connectivity index (χ1) is 21.8. The molecule has 1 saturated carbocycles. The van der Waals surface area contributed by atoms with E-state index in [1.165, 1.54) is 0 Å². The summed E-state index contributed by atoms with van der Waals surface area (Å²) < 4.78 is 29.4. The Morgan fingerprint density at radius 2 is 1.51 bits per heavy atom. The van der Waals surface area contributed by atoms with E-state index in [9.17, 15) is 18.4 Å². The smallest absolute Gasteiger partial charge is 0.266 e. The number of rotatable bonds is 8. The topological polar surface area (TPSA) is 53.5 Å². The maximum Gasteiger partial charge on any atom is 0.266 e. The van der Waals surface area contributed by atoms with Gasteiger partial charge in [-0.05, 0) is 78.3 Å². The van der Waals surface area contributed by atoms with Crippen molar-refractivity contribution >= 4 is 44.8 Å². The van der Waals surface area contributed by atoms with Gasteiger partial charge in [0.1, 0.15) is 16.5 Å². The molecule has 2 aromatic heterocycles. The Balaban J connectivity index is 1.26. The van der Waals surface area contributed by atoms with Crippen LogP contribution < -0.4 is 0 Å². The third-order valence-corrected chi connectivity index (χ3v) is 10.4. The van der Waals surface area contributed by atoms with Crippen LogP contribution in [0, 0.1) is 11.6 Å². The molecule has 230 valence electrons. The molecule has 6 rings (SSSR count). The summed E-state index contributed by atoms with van der Waals surface area (Å²) in [5.74, 6) is -1.57. The molecule has 0 atom stereocenters. The van der Waals surface area contributed by atoms with Crippen molar-refractivity contribution in [1.29, 1.82) is 0 Å². The van der Waals surface area contributed by atoms with Gasteiger partial charge in [-0.1, -0.05) is 60.1 Å². The highest BCUT2D eigenvalue weighted by molar-refractivity contribution is 7.21. The molecule has 2 heterocycles. The maximum atomic E-state index is 14.7. The van der Waals surface area contributed by atoms with Crippen molar-refractivity contribution in [3.05, 3.63) is 124 Å². The van der Waals surface area contributed by atoms with Gasteiger partial charge in [-0.3, -0.25) is 14.6 Å². The molecular formula is C36H32ClF2N3O2S. The van der Waals surface area contributed by atoms with Gasteiger partial charge in [0.25, 0.3) is 5.91 Å². The highest BCUT2D eigenvalue weighted by Gasteiger charge is 2.34. The highest BCUT2D eigenvalue weighted by Crippen LogP contribution is 2.40. The molecule has 3 aromatic carbocycles. The number of fused-ring (bicyclic) bond motifs is 1. The molecule has 9 heteroatoms.